The van der Waals surface area contributed by atoms with Crippen LogP contribution in [0.4, 0.5) is 4.79 Å². The van der Waals surface area contributed by atoms with E-state index in [-0.39, 0.29) is 0 Å². The van der Waals surface area contributed by atoms with E-state index in [4.69, 9.17) is 9.90 Å². The van der Waals surface area contributed by atoms with Gasteiger partial charge in [0.15, 0.2) is 0 Å². The number of amides is 1. The molecule has 0 aromatic rings. The summed E-state index contributed by atoms with van der Waals surface area (Å²) in [6, 6.07) is 0. The Kier molecular flexibility index (Phi) is 109. The Labute approximate surface area is 48.5 Å². The molecule has 0 saturated heterocycles. The Morgan fingerprint density at radius 2 is 1.25 bits per heavy atom. The van der Waals surface area contributed by atoms with Gasteiger partial charge >= 0.3 is 0 Å². The van der Waals surface area contributed by atoms with E-state index in [0.29, 0.717) is 0 Å². The third-order valence-corrected chi connectivity index (χ3v) is 0. The monoisotopic (exact) mass is 112 g/mol. The molecule has 8 heavy (non-hydrogen) atoms. The highest BCUT2D eigenvalue weighted by atomic mass is 16.4. The van der Waals surface area contributed by atoms with Crippen molar-refractivity contribution in [3.63, 3.8) is 0 Å². The number of carbonyl (C=O) groups excluding carboxylic acids is 1. The van der Waals surface area contributed by atoms with Crippen molar-refractivity contribution in [2.24, 2.45) is 5.73 Å². The largest absolute Gasteiger partial charge is 0.530 e. The molecule has 0 aromatic heterocycles. The van der Waals surface area contributed by atoms with Crippen LogP contribution in [0.15, 0.2) is 0 Å². The normalized spacial score (nSPS) is 3.50. The maximum absolute atomic E-state index is 8.67. The average molecular weight is 112 g/mol. The third kappa shape index (κ3) is 19.5. The van der Waals surface area contributed by atoms with Crippen LogP contribution in [0.3, 0.4) is 0 Å². The maximum atomic E-state index is 8.67. The number of nitrogens with two attached hydrogens (primary N) is 1. The van der Waals surface area contributed by atoms with Gasteiger partial charge in [-0.05, 0) is 0 Å². The van der Waals surface area contributed by atoms with Crippen molar-refractivity contribution in [3.8, 4) is 25.7 Å². The molecule has 0 fully saturated rings. The van der Waals surface area contributed by atoms with Crippen molar-refractivity contribution in [1.82, 2.24) is 0 Å². The molecule has 3 nitrogen and oxygen atoms in total. The fraction of sp³-hybridized carbons (Fsp3) is 0. The highest BCUT2D eigenvalue weighted by Gasteiger charge is 1.44. The van der Waals surface area contributed by atoms with Gasteiger partial charge in [-0.2, -0.15) is 0 Å². The molecular weight excluding hydrogens is 106 g/mol. The summed E-state index contributed by atoms with van der Waals surface area (Å²) in [6.07, 6.45) is 14.4. The molecule has 0 spiro atoms. The van der Waals surface area contributed by atoms with Gasteiger partial charge in [0.25, 0.3) is 0 Å². The Balaban J connectivity index is -0.0000000542. The smallest absolute Gasteiger partial charge is 0.131 e. The summed E-state index contributed by atoms with van der Waals surface area (Å²) in [5.74, 6) is 0. The van der Waals surface area contributed by atoms with Crippen LogP contribution in [0, 0.1) is 25.7 Å². The van der Waals surface area contributed by atoms with Crippen molar-refractivity contribution in [2.75, 3.05) is 0 Å². The van der Waals surface area contributed by atoms with Gasteiger partial charge in [0.2, 0.25) is 0 Å². The number of terminal acetylenes is 2. The molecule has 0 aromatic carbocycles. The van der Waals surface area contributed by atoms with Crippen molar-refractivity contribution in [1.29, 1.82) is 0 Å². The van der Waals surface area contributed by atoms with Crippen LogP contribution in [-0.4, -0.2) is 6.09 Å². The van der Waals surface area contributed by atoms with E-state index in [2.05, 4.69) is 31.4 Å². The molecule has 1 amide bonds. The van der Waals surface area contributed by atoms with Crippen molar-refractivity contribution >= 4 is 6.09 Å². The van der Waals surface area contributed by atoms with Crippen molar-refractivity contribution in [2.45, 2.75) is 0 Å². The minimum Gasteiger partial charge on any atom is -0.530 e. The molecule has 0 heterocycles. The molecular formula is C5H6NO2-. The van der Waals surface area contributed by atoms with Gasteiger partial charge < -0.3 is 15.6 Å². The highest BCUT2D eigenvalue weighted by Crippen LogP contribution is 1.23. The summed E-state index contributed by atoms with van der Waals surface area (Å²) in [5.41, 5.74) is 3.92. The molecule has 0 atom stereocenters. The molecule has 0 saturated carbocycles. The summed E-state index contributed by atoms with van der Waals surface area (Å²) in [6.45, 7) is 0. The summed E-state index contributed by atoms with van der Waals surface area (Å²) >= 11 is 0. The van der Waals surface area contributed by atoms with Gasteiger partial charge in [0.1, 0.15) is 6.09 Å². The number of rotatable bonds is 0. The van der Waals surface area contributed by atoms with Crippen LogP contribution in [0.25, 0.3) is 0 Å². The summed E-state index contributed by atoms with van der Waals surface area (Å²) in [4.78, 5) is 8.67. The van der Waals surface area contributed by atoms with Crippen molar-refractivity contribution in [3.05, 3.63) is 0 Å². The van der Waals surface area contributed by atoms with E-state index in [0.717, 1.165) is 0 Å². The van der Waals surface area contributed by atoms with Gasteiger partial charge in [-0.1, -0.05) is 0 Å². The third-order valence-electron chi connectivity index (χ3n) is 0. The SMILES string of the molecule is C#C.C#C.NC(=O)[O-]. The summed E-state index contributed by atoms with van der Waals surface area (Å²) in [5, 5.41) is 8.67. The number of hydrogen-bond donors (Lipinski definition) is 1. The molecule has 0 rings (SSSR count). The Bertz CT molecular complexity index is 72.9. The molecule has 0 unspecified atom stereocenters. The van der Waals surface area contributed by atoms with Crippen molar-refractivity contribution < 1.29 is 9.90 Å². The summed E-state index contributed by atoms with van der Waals surface area (Å²) < 4.78 is 0. The van der Waals surface area contributed by atoms with Crippen LogP contribution < -0.4 is 10.8 Å². The van der Waals surface area contributed by atoms with Gasteiger partial charge in [-0.3, -0.25) is 0 Å². The second-order valence-electron chi connectivity index (χ2n) is 0.319. The topological polar surface area (TPSA) is 66.2 Å². The van der Waals surface area contributed by atoms with Crippen LogP contribution in [0.1, 0.15) is 0 Å². The van der Waals surface area contributed by atoms with E-state index in [1.165, 1.54) is 0 Å². The lowest BCUT2D eigenvalue weighted by atomic mass is 11.3. The van der Waals surface area contributed by atoms with Gasteiger partial charge in [-0.25, -0.2) is 0 Å². The highest BCUT2D eigenvalue weighted by molar-refractivity contribution is 5.58. The second kappa shape index (κ2) is 53.8. The van der Waals surface area contributed by atoms with Crippen LogP contribution >= 0.6 is 0 Å². The van der Waals surface area contributed by atoms with E-state index in [9.17, 15) is 0 Å². The van der Waals surface area contributed by atoms with E-state index < -0.39 is 6.09 Å². The maximum Gasteiger partial charge on any atom is 0.131 e. The van der Waals surface area contributed by atoms with E-state index >= 15 is 0 Å². The van der Waals surface area contributed by atoms with Gasteiger partial charge in [0, 0.05) is 0 Å². The molecule has 44 valence electrons. The molecule has 0 aliphatic carbocycles. The fourth-order valence-electron chi connectivity index (χ4n) is 0. The molecule has 0 aliphatic rings. The Morgan fingerprint density at radius 3 is 1.25 bits per heavy atom. The molecule has 2 N–H and O–H groups in total. The van der Waals surface area contributed by atoms with Crippen LogP contribution in [0.2, 0.25) is 0 Å². The molecule has 0 radical (unpaired) electrons. The minimum absolute atomic E-state index is 1.58. The Hall–Kier alpha value is -1.61. The molecule has 0 bridgehead atoms. The molecule has 3 heteroatoms. The number of carbonyl (C=O) groups is 1. The summed E-state index contributed by atoms with van der Waals surface area (Å²) in [7, 11) is 0. The van der Waals surface area contributed by atoms with E-state index in [1.54, 1.807) is 0 Å². The average Bonchev–Trinajstić information content (AvgIpc) is 1.75. The first-order valence-electron chi connectivity index (χ1n) is 1.36. The fourth-order valence-corrected chi connectivity index (χ4v) is 0. The zero-order valence-corrected chi connectivity index (χ0v) is 4.20. The first kappa shape index (κ1) is 16.2. The van der Waals surface area contributed by atoms with Crippen LogP contribution in [0.5, 0.6) is 0 Å². The zero-order chi connectivity index (χ0) is 7.58. The van der Waals surface area contributed by atoms with Gasteiger partial charge in [0.05, 0.1) is 0 Å². The number of carboxylic acid groups (broad SMARTS) is 1. The first-order chi connectivity index (χ1) is 3.73. The predicted molar refractivity (Wildman–Crippen MR) is 29.4 cm³/mol. The zero-order valence-electron chi connectivity index (χ0n) is 4.20. The number of primary amides is 1. The number of hydrogen-bond acceptors (Lipinski definition) is 2. The molecule has 0 aliphatic heterocycles. The van der Waals surface area contributed by atoms with Gasteiger partial charge in [-0.15, -0.1) is 25.7 Å². The lowest BCUT2D eigenvalue weighted by Crippen LogP contribution is -2.29. The predicted octanol–water partition coefficient (Wildman–Crippen LogP) is -1.21. The van der Waals surface area contributed by atoms with Crippen LogP contribution in [-0.2, 0) is 0 Å². The minimum atomic E-state index is -1.58. The second-order valence-corrected chi connectivity index (χ2v) is 0.319. The first-order valence-corrected chi connectivity index (χ1v) is 1.36. The lowest BCUT2D eigenvalue weighted by Gasteiger charge is -1.78. The lowest BCUT2D eigenvalue weighted by molar-refractivity contribution is -0.245. The van der Waals surface area contributed by atoms with E-state index in [1.807, 2.05) is 0 Å². The Morgan fingerprint density at radius 1 is 1.25 bits per heavy atom. The quantitative estimate of drug-likeness (QED) is 0.399. The standard InChI is InChI=1S/2C2H2.CH3NO2/c2*1-2;2-1(3)4/h2*1-2H;2H2,(H,3,4)/p-1.